The molecule has 106 valence electrons. The molecule has 1 fully saturated rings. The summed E-state index contributed by atoms with van der Waals surface area (Å²) in [4.78, 5) is 17.3. The van der Waals surface area contributed by atoms with Gasteiger partial charge in [0.05, 0.1) is 17.0 Å². The molecule has 0 aromatic carbocycles. The molecule has 2 heterocycles. The number of hydrogen-bond acceptors (Lipinski definition) is 5. The number of hydrogen-bond donors (Lipinski definition) is 2. The van der Waals surface area contributed by atoms with Crippen molar-refractivity contribution in [2.24, 2.45) is 11.7 Å². The molecule has 0 bridgehead atoms. The molecule has 1 atom stereocenters. The summed E-state index contributed by atoms with van der Waals surface area (Å²) in [5, 5.41) is 4.94. The Bertz CT molecular complexity index is 575. The Morgan fingerprint density at radius 1 is 1.60 bits per heavy atom. The van der Waals surface area contributed by atoms with E-state index in [0.717, 1.165) is 17.7 Å². The quantitative estimate of drug-likeness (QED) is 0.850. The lowest BCUT2D eigenvalue weighted by atomic mass is 10.2. The summed E-state index contributed by atoms with van der Waals surface area (Å²) < 4.78 is 5.40. The summed E-state index contributed by atoms with van der Waals surface area (Å²) >= 11 is 1.56. The van der Waals surface area contributed by atoms with Crippen LogP contribution in [-0.4, -0.2) is 23.5 Å². The first-order valence-electron chi connectivity index (χ1n) is 6.74. The first kappa shape index (κ1) is 13.3. The lowest BCUT2D eigenvalue weighted by Crippen LogP contribution is -2.42. The molecule has 1 aliphatic rings. The average Bonchev–Trinajstić information content (AvgIpc) is 2.95. The molecule has 0 saturated heterocycles. The van der Waals surface area contributed by atoms with E-state index in [4.69, 9.17) is 10.2 Å². The second-order valence-electron chi connectivity index (χ2n) is 5.05. The van der Waals surface area contributed by atoms with E-state index in [1.165, 1.54) is 0 Å². The number of aromatic nitrogens is 1. The van der Waals surface area contributed by atoms with Crippen LogP contribution in [0.3, 0.4) is 0 Å². The van der Waals surface area contributed by atoms with Crippen molar-refractivity contribution in [1.82, 2.24) is 10.3 Å². The van der Waals surface area contributed by atoms with E-state index < -0.39 is 0 Å². The highest BCUT2D eigenvalue weighted by molar-refractivity contribution is 7.13. The Kier molecular flexibility index (Phi) is 3.84. The number of carbonyl (C=O) groups is 1. The molecular formula is C14H17N3O2S. The number of rotatable bonds is 6. The zero-order valence-corrected chi connectivity index (χ0v) is 11.9. The monoisotopic (exact) mass is 291 g/mol. The van der Waals surface area contributed by atoms with Crippen molar-refractivity contribution in [3.63, 3.8) is 0 Å². The van der Waals surface area contributed by atoms with Crippen LogP contribution in [0.5, 0.6) is 0 Å². The summed E-state index contributed by atoms with van der Waals surface area (Å²) in [6.45, 7) is 0.496. The maximum absolute atomic E-state index is 12.0. The van der Waals surface area contributed by atoms with Gasteiger partial charge in [0.15, 0.2) is 0 Å². The fourth-order valence-electron chi connectivity index (χ4n) is 2.19. The molecule has 1 amide bonds. The van der Waals surface area contributed by atoms with Crippen LogP contribution in [0.4, 0.5) is 0 Å². The van der Waals surface area contributed by atoms with Crippen molar-refractivity contribution in [1.29, 1.82) is 0 Å². The van der Waals surface area contributed by atoms with Crippen molar-refractivity contribution in [3.8, 4) is 10.8 Å². The van der Waals surface area contributed by atoms with Crippen LogP contribution in [0.25, 0.3) is 10.8 Å². The van der Waals surface area contributed by atoms with E-state index >= 15 is 0 Å². The summed E-state index contributed by atoms with van der Waals surface area (Å²) in [5.74, 6) is 1.08. The number of thiophene rings is 1. The number of nitrogens with zero attached hydrogens (tertiary/aromatic N) is 1. The molecule has 6 heteroatoms. The summed E-state index contributed by atoms with van der Waals surface area (Å²) in [5.41, 5.74) is 6.33. The molecule has 1 aliphatic carbocycles. The molecule has 5 nitrogen and oxygen atoms in total. The molecule has 0 aliphatic heterocycles. The molecule has 0 radical (unpaired) electrons. The van der Waals surface area contributed by atoms with E-state index in [1.54, 1.807) is 17.6 Å². The van der Waals surface area contributed by atoms with Crippen LogP contribution < -0.4 is 11.1 Å². The number of nitrogens with one attached hydrogen (secondary N) is 1. The average molecular weight is 291 g/mol. The highest BCUT2D eigenvalue weighted by Crippen LogP contribution is 2.32. The predicted molar refractivity (Wildman–Crippen MR) is 77.2 cm³/mol. The van der Waals surface area contributed by atoms with Crippen LogP contribution in [0.2, 0.25) is 0 Å². The predicted octanol–water partition coefficient (Wildman–Crippen LogP) is 1.80. The minimum Gasteiger partial charge on any atom is -0.444 e. The van der Waals surface area contributed by atoms with Crippen LogP contribution >= 0.6 is 11.3 Å². The molecule has 20 heavy (non-hydrogen) atoms. The van der Waals surface area contributed by atoms with Gasteiger partial charge in [-0.05, 0) is 30.2 Å². The van der Waals surface area contributed by atoms with Crippen molar-refractivity contribution in [3.05, 3.63) is 29.5 Å². The molecule has 1 unspecified atom stereocenters. The Morgan fingerprint density at radius 2 is 2.45 bits per heavy atom. The van der Waals surface area contributed by atoms with Gasteiger partial charge in [-0.3, -0.25) is 4.79 Å². The van der Waals surface area contributed by atoms with Crippen LogP contribution in [0.15, 0.2) is 28.2 Å². The smallest absolute Gasteiger partial charge is 0.236 e. The molecule has 0 spiro atoms. The van der Waals surface area contributed by atoms with Gasteiger partial charge < -0.3 is 15.5 Å². The zero-order chi connectivity index (χ0) is 13.9. The van der Waals surface area contributed by atoms with Crippen molar-refractivity contribution in [2.45, 2.75) is 25.3 Å². The summed E-state index contributed by atoms with van der Waals surface area (Å²) in [7, 11) is 0. The number of amides is 1. The zero-order valence-electron chi connectivity index (χ0n) is 11.0. The maximum Gasteiger partial charge on any atom is 0.236 e. The minimum absolute atomic E-state index is 0.0432. The molecule has 2 aromatic heterocycles. The second kappa shape index (κ2) is 5.76. The Balaban J connectivity index is 1.58. The molecular weight excluding hydrogens is 274 g/mol. The van der Waals surface area contributed by atoms with Gasteiger partial charge in [0.25, 0.3) is 0 Å². The van der Waals surface area contributed by atoms with Gasteiger partial charge in [0.2, 0.25) is 11.8 Å². The fraction of sp³-hybridized carbons (Fsp3) is 0.429. The van der Waals surface area contributed by atoms with E-state index in [9.17, 15) is 4.79 Å². The first-order valence-corrected chi connectivity index (χ1v) is 7.62. The van der Waals surface area contributed by atoms with Gasteiger partial charge in [-0.15, -0.1) is 11.3 Å². The topological polar surface area (TPSA) is 81.1 Å². The SMILES string of the molecule is NCC(NC(=O)Cc1coc(-c2cccs2)n1)C1CC1. The van der Waals surface area contributed by atoms with Gasteiger partial charge in [-0.1, -0.05) is 6.07 Å². The van der Waals surface area contributed by atoms with E-state index in [0.29, 0.717) is 24.0 Å². The highest BCUT2D eigenvalue weighted by atomic mass is 32.1. The molecule has 3 N–H and O–H groups in total. The highest BCUT2D eigenvalue weighted by Gasteiger charge is 2.31. The van der Waals surface area contributed by atoms with Gasteiger partial charge in [0, 0.05) is 12.6 Å². The van der Waals surface area contributed by atoms with Gasteiger partial charge in [-0.25, -0.2) is 4.98 Å². The normalized spacial score (nSPS) is 16.1. The number of nitrogens with two attached hydrogens (primary N) is 1. The Labute approximate surface area is 121 Å². The molecule has 3 rings (SSSR count). The lowest BCUT2D eigenvalue weighted by Gasteiger charge is -2.15. The van der Waals surface area contributed by atoms with E-state index in [2.05, 4.69) is 10.3 Å². The van der Waals surface area contributed by atoms with Crippen LogP contribution in [0, 0.1) is 5.92 Å². The largest absolute Gasteiger partial charge is 0.444 e. The summed E-state index contributed by atoms with van der Waals surface area (Å²) in [6.07, 6.45) is 4.10. The third-order valence-corrected chi connectivity index (χ3v) is 4.27. The minimum atomic E-state index is -0.0432. The van der Waals surface area contributed by atoms with Crippen LogP contribution in [-0.2, 0) is 11.2 Å². The van der Waals surface area contributed by atoms with E-state index in [-0.39, 0.29) is 18.4 Å². The third-order valence-electron chi connectivity index (χ3n) is 3.42. The van der Waals surface area contributed by atoms with Crippen molar-refractivity contribution < 1.29 is 9.21 Å². The fourth-order valence-corrected chi connectivity index (χ4v) is 2.85. The van der Waals surface area contributed by atoms with E-state index in [1.807, 2.05) is 17.5 Å². The van der Waals surface area contributed by atoms with Gasteiger partial charge in [-0.2, -0.15) is 0 Å². The Hall–Kier alpha value is -1.66. The number of carbonyl (C=O) groups excluding carboxylic acids is 1. The lowest BCUT2D eigenvalue weighted by molar-refractivity contribution is -0.121. The Morgan fingerprint density at radius 3 is 3.10 bits per heavy atom. The maximum atomic E-state index is 12.0. The standard InChI is InChI=1S/C14H17N3O2S/c15-7-11(9-3-4-9)17-13(18)6-10-8-19-14(16-10)12-2-1-5-20-12/h1-2,5,8-9,11H,3-4,6-7,15H2,(H,17,18). The van der Waals surface area contributed by atoms with Crippen LogP contribution in [0.1, 0.15) is 18.5 Å². The van der Waals surface area contributed by atoms with Crippen molar-refractivity contribution in [2.75, 3.05) is 6.54 Å². The second-order valence-corrected chi connectivity index (χ2v) is 5.99. The van der Waals surface area contributed by atoms with Gasteiger partial charge in [0.1, 0.15) is 6.26 Å². The van der Waals surface area contributed by atoms with Gasteiger partial charge >= 0.3 is 0 Å². The number of oxazole rings is 1. The molecule has 1 saturated carbocycles. The van der Waals surface area contributed by atoms with Crippen molar-refractivity contribution >= 4 is 17.2 Å². The first-order chi connectivity index (χ1) is 9.76. The summed E-state index contributed by atoms with van der Waals surface area (Å²) in [6, 6.07) is 3.99. The third kappa shape index (κ3) is 3.08. The molecule has 2 aromatic rings.